The van der Waals surface area contributed by atoms with E-state index >= 15 is 0 Å². The number of piperidine rings is 1. The van der Waals surface area contributed by atoms with Crippen molar-refractivity contribution in [2.75, 3.05) is 30.3 Å². The topological polar surface area (TPSA) is 70.7 Å². The summed E-state index contributed by atoms with van der Waals surface area (Å²) in [6.45, 7) is 5.71. The molecule has 1 spiro atoms. The number of ether oxygens (including phenoxy) is 1. The summed E-state index contributed by atoms with van der Waals surface area (Å²) in [5.41, 5.74) is 1.21. The van der Waals surface area contributed by atoms with Gasteiger partial charge in [-0.25, -0.2) is 0 Å². The second kappa shape index (κ2) is 7.44. The molecule has 0 saturated carbocycles. The Labute approximate surface area is 148 Å². The third-order valence-electron chi connectivity index (χ3n) is 5.20. The highest BCUT2D eigenvalue weighted by Crippen LogP contribution is 2.36. The summed E-state index contributed by atoms with van der Waals surface area (Å²) < 4.78 is 5.24. The second-order valence-corrected chi connectivity index (χ2v) is 6.80. The first-order valence-electron chi connectivity index (χ1n) is 9.19. The van der Waals surface area contributed by atoms with Gasteiger partial charge >= 0.3 is 5.97 Å². The monoisotopic (exact) mass is 345 g/mol. The molecule has 6 heteroatoms. The van der Waals surface area contributed by atoms with E-state index in [9.17, 15) is 9.59 Å². The highest BCUT2D eigenvalue weighted by molar-refractivity contribution is 6.06. The van der Waals surface area contributed by atoms with Crippen LogP contribution < -0.4 is 10.6 Å². The molecule has 2 aliphatic rings. The molecular weight excluding hydrogens is 318 g/mol. The SMILES string of the molecule is CCC[C@H](C(=O)OCC)N1CCC2(CC1)Nc1ccccc1NC2=O. The second-order valence-electron chi connectivity index (χ2n) is 6.80. The third kappa shape index (κ3) is 3.49. The number of carbonyl (C=O) groups is 2. The zero-order valence-corrected chi connectivity index (χ0v) is 15.0. The number of nitrogens with zero attached hydrogens (tertiary/aromatic N) is 1. The van der Waals surface area contributed by atoms with Crippen molar-refractivity contribution in [1.29, 1.82) is 0 Å². The van der Waals surface area contributed by atoms with Crippen LogP contribution >= 0.6 is 0 Å². The molecule has 1 saturated heterocycles. The molecule has 2 aliphatic heterocycles. The van der Waals surface area contributed by atoms with Gasteiger partial charge in [0.05, 0.1) is 18.0 Å². The maximum atomic E-state index is 12.7. The average molecular weight is 345 g/mol. The number of esters is 1. The Hall–Kier alpha value is -2.08. The van der Waals surface area contributed by atoms with Crippen molar-refractivity contribution in [2.45, 2.75) is 51.1 Å². The van der Waals surface area contributed by atoms with Crippen LogP contribution in [-0.4, -0.2) is 48.1 Å². The van der Waals surface area contributed by atoms with Gasteiger partial charge < -0.3 is 15.4 Å². The first-order valence-corrected chi connectivity index (χ1v) is 9.19. The van der Waals surface area contributed by atoms with Crippen molar-refractivity contribution in [2.24, 2.45) is 0 Å². The van der Waals surface area contributed by atoms with Crippen LogP contribution in [0.15, 0.2) is 24.3 Å². The minimum atomic E-state index is -0.587. The Balaban J connectivity index is 1.70. The van der Waals surface area contributed by atoms with E-state index in [0.717, 1.165) is 24.2 Å². The number of hydrogen-bond donors (Lipinski definition) is 2. The van der Waals surface area contributed by atoms with Crippen molar-refractivity contribution in [3.05, 3.63) is 24.3 Å². The van der Waals surface area contributed by atoms with Gasteiger partial charge in [-0.05, 0) is 38.3 Å². The Morgan fingerprint density at radius 2 is 1.92 bits per heavy atom. The molecule has 2 N–H and O–H groups in total. The Kier molecular flexibility index (Phi) is 5.27. The molecule has 1 atom stereocenters. The standard InChI is InChI=1S/C19H27N3O3/c1-3-7-16(17(23)25-4-2)22-12-10-19(11-13-22)18(24)20-14-8-5-6-9-15(14)21-19/h5-6,8-9,16,21H,3-4,7,10-13H2,1-2H3,(H,20,24)/t16-/m1/s1. The lowest BCUT2D eigenvalue weighted by Gasteiger charge is -2.45. The number of rotatable bonds is 5. The molecule has 6 nitrogen and oxygen atoms in total. The van der Waals surface area contributed by atoms with E-state index < -0.39 is 5.54 Å². The van der Waals surface area contributed by atoms with Gasteiger partial charge in [0, 0.05) is 13.1 Å². The van der Waals surface area contributed by atoms with Crippen molar-refractivity contribution in [3.8, 4) is 0 Å². The van der Waals surface area contributed by atoms with Gasteiger partial charge in [-0.2, -0.15) is 0 Å². The molecule has 3 rings (SSSR count). The number of likely N-dealkylation sites (tertiary alicyclic amines) is 1. The summed E-state index contributed by atoms with van der Waals surface area (Å²) in [4.78, 5) is 27.1. The fourth-order valence-electron chi connectivity index (χ4n) is 3.79. The summed E-state index contributed by atoms with van der Waals surface area (Å²) in [5, 5.41) is 6.47. The molecule has 0 aliphatic carbocycles. The minimum absolute atomic E-state index is 0.0222. The van der Waals surface area contributed by atoms with Gasteiger partial charge in [0.2, 0.25) is 5.91 Å². The number of para-hydroxylation sites is 2. The first kappa shape index (κ1) is 17.7. The Morgan fingerprint density at radius 3 is 2.56 bits per heavy atom. The van der Waals surface area contributed by atoms with Crippen molar-refractivity contribution < 1.29 is 14.3 Å². The molecule has 136 valence electrons. The summed E-state index contributed by atoms with van der Waals surface area (Å²) in [6.07, 6.45) is 3.06. The summed E-state index contributed by atoms with van der Waals surface area (Å²) in [5.74, 6) is -0.124. The molecule has 1 fully saturated rings. The van der Waals surface area contributed by atoms with Crippen LogP contribution in [-0.2, 0) is 14.3 Å². The molecule has 0 radical (unpaired) electrons. The van der Waals surface area contributed by atoms with Gasteiger partial charge in [0.25, 0.3) is 0 Å². The van der Waals surface area contributed by atoms with Gasteiger partial charge in [0.1, 0.15) is 11.6 Å². The molecule has 0 aromatic heterocycles. The molecule has 25 heavy (non-hydrogen) atoms. The van der Waals surface area contributed by atoms with E-state index in [0.29, 0.717) is 32.5 Å². The van der Waals surface area contributed by atoms with Crippen molar-refractivity contribution in [3.63, 3.8) is 0 Å². The molecule has 1 aromatic carbocycles. The largest absolute Gasteiger partial charge is 0.465 e. The number of carbonyl (C=O) groups excluding carboxylic acids is 2. The van der Waals surface area contributed by atoms with E-state index in [1.165, 1.54) is 0 Å². The molecule has 0 bridgehead atoms. The van der Waals surface area contributed by atoms with E-state index in [4.69, 9.17) is 4.74 Å². The minimum Gasteiger partial charge on any atom is -0.465 e. The number of hydrogen-bond acceptors (Lipinski definition) is 5. The molecule has 1 amide bonds. The van der Waals surface area contributed by atoms with E-state index in [1.54, 1.807) is 0 Å². The highest BCUT2D eigenvalue weighted by atomic mass is 16.5. The maximum Gasteiger partial charge on any atom is 0.323 e. The lowest BCUT2D eigenvalue weighted by Crippen LogP contribution is -2.60. The molecule has 0 unspecified atom stereocenters. The van der Waals surface area contributed by atoms with E-state index in [1.807, 2.05) is 31.2 Å². The fourth-order valence-corrected chi connectivity index (χ4v) is 3.79. The van der Waals surface area contributed by atoms with Crippen LogP contribution in [0.3, 0.4) is 0 Å². The predicted octanol–water partition coefficient (Wildman–Crippen LogP) is 2.62. The van der Waals surface area contributed by atoms with Crippen LogP contribution in [0.1, 0.15) is 39.5 Å². The Morgan fingerprint density at radius 1 is 1.24 bits per heavy atom. The summed E-state index contributed by atoms with van der Waals surface area (Å²) in [7, 11) is 0. The molecule has 1 aromatic rings. The maximum absolute atomic E-state index is 12.7. The van der Waals surface area contributed by atoms with Gasteiger partial charge in [-0.1, -0.05) is 25.5 Å². The zero-order valence-electron chi connectivity index (χ0n) is 15.0. The fraction of sp³-hybridized carbons (Fsp3) is 0.579. The van der Waals surface area contributed by atoms with E-state index in [-0.39, 0.29) is 17.9 Å². The van der Waals surface area contributed by atoms with E-state index in [2.05, 4.69) is 22.5 Å². The predicted molar refractivity (Wildman–Crippen MR) is 97.6 cm³/mol. The summed E-state index contributed by atoms with van der Waals surface area (Å²) in [6, 6.07) is 7.56. The molecule has 2 heterocycles. The van der Waals surface area contributed by atoms with Crippen LogP contribution in [0.2, 0.25) is 0 Å². The Bertz CT molecular complexity index is 639. The van der Waals surface area contributed by atoms with Gasteiger partial charge in [0.15, 0.2) is 0 Å². The number of nitrogens with one attached hydrogen (secondary N) is 2. The number of amides is 1. The van der Waals surface area contributed by atoms with Gasteiger partial charge in [-0.15, -0.1) is 0 Å². The van der Waals surface area contributed by atoms with Crippen molar-refractivity contribution >= 4 is 23.3 Å². The van der Waals surface area contributed by atoms with Crippen LogP contribution in [0.5, 0.6) is 0 Å². The number of fused-ring (bicyclic) bond motifs is 1. The van der Waals surface area contributed by atoms with Crippen molar-refractivity contribution in [1.82, 2.24) is 4.90 Å². The summed E-state index contributed by atoms with van der Waals surface area (Å²) >= 11 is 0. The number of benzene rings is 1. The first-order chi connectivity index (χ1) is 12.1. The lowest BCUT2D eigenvalue weighted by molar-refractivity contribution is -0.150. The molecular formula is C19H27N3O3. The third-order valence-corrected chi connectivity index (χ3v) is 5.20. The number of anilines is 2. The lowest BCUT2D eigenvalue weighted by atomic mass is 9.83. The quantitative estimate of drug-likeness (QED) is 0.803. The zero-order chi connectivity index (χ0) is 17.9. The smallest absolute Gasteiger partial charge is 0.323 e. The van der Waals surface area contributed by atoms with Crippen LogP contribution in [0.4, 0.5) is 11.4 Å². The van der Waals surface area contributed by atoms with Gasteiger partial charge in [-0.3, -0.25) is 14.5 Å². The average Bonchev–Trinajstić information content (AvgIpc) is 2.62. The highest BCUT2D eigenvalue weighted by Gasteiger charge is 2.45. The van der Waals surface area contributed by atoms with Crippen LogP contribution in [0.25, 0.3) is 0 Å². The normalized spacial score (nSPS) is 20.3. The van der Waals surface area contributed by atoms with Crippen LogP contribution in [0, 0.1) is 0 Å².